The van der Waals surface area contributed by atoms with E-state index in [1.54, 1.807) is 11.8 Å². The van der Waals surface area contributed by atoms with Gasteiger partial charge in [-0.3, -0.25) is 0 Å². The highest BCUT2D eigenvalue weighted by Gasteiger charge is 2.36. The molecule has 1 aromatic heterocycles. The van der Waals surface area contributed by atoms with Crippen LogP contribution in [-0.4, -0.2) is 41.7 Å². The molecule has 172 valence electrons. The summed E-state index contributed by atoms with van der Waals surface area (Å²) in [7, 11) is -1.94. The number of sulfonamides is 1. The average Bonchev–Trinajstić information content (AvgIpc) is 3.50. The second-order valence-corrected chi connectivity index (χ2v) is 9.95. The van der Waals surface area contributed by atoms with Crippen LogP contribution in [0.2, 0.25) is 0 Å². The summed E-state index contributed by atoms with van der Waals surface area (Å²) < 4.78 is 33.6. The van der Waals surface area contributed by atoms with Gasteiger partial charge < -0.3 is 4.74 Å². The van der Waals surface area contributed by atoms with Gasteiger partial charge in [0.15, 0.2) is 0 Å². The smallest absolute Gasteiger partial charge is 0.247 e. The second kappa shape index (κ2) is 8.79. The Morgan fingerprint density at radius 3 is 2.18 bits per heavy atom. The minimum atomic E-state index is -3.57. The van der Waals surface area contributed by atoms with Crippen LogP contribution >= 0.6 is 0 Å². The fourth-order valence-corrected chi connectivity index (χ4v) is 5.05. The molecule has 5 rings (SSSR count). The Morgan fingerprint density at radius 1 is 0.912 bits per heavy atom. The van der Waals surface area contributed by atoms with Gasteiger partial charge >= 0.3 is 0 Å². The standard InChI is InChI=1S/C26H24N4O3S/c1-33-22-15-13-20(14-16-22)26-23(18-29(28-26)21-11-7-4-8-12-21)24-17-25(19-9-5-3-6-10-19)30(27-24)34(2,31)32/h3-16,18,25H,17H2,1-2H3/t25-/m0/s1. The van der Waals surface area contributed by atoms with Gasteiger partial charge in [0.1, 0.15) is 11.4 Å². The van der Waals surface area contributed by atoms with Crippen LogP contribution in [-0.2, 0) is 10.0 Å². The van der Waals surface area contributed by atoms with Crippen molar-refractivity contribution in [3.63, 3.8) is 0 Å². The van der Waals surface area contributed by atoms with Crippen LogP contribution in [0.25, 0.3) is 16.9 Å². The molecule has 3 aromatic carbocycles. The van der Waals surface area contributed by atoms with Crippen LogP contribution in [0.15, 0.2) is 96.2 Å². The minimum absolute atomic E-state index is 0.407. The minimum Gasteiger partial charge on any atom is -0.497 e. The van der Waals surface area contributed by atoms with Gasteiger partial charge in [-0.1, -0.05) is 48.5 Å². The molecule has 0 N–H and O–H groups in total. The van der Waals surface area contributed by atoms with Crippen molar-refractivity contribution < 1.29 is 13.2 Å². The van der Waals surface area contributed by atoms with E-state index in [0.29, 0.717) is 12.1 Å². The summed E-state index contributed by atoms with van der Waals surface area (Å²) in [4.78, 5) is 0. The molecule has 0 saturated carbocycles. The van der Waals surface area contributed by atoms with Crippen LogP contribution in [0.1, 0.15) is 23.6 Å². The summed E-state index contributed by atoms with van der Waals surface area (Å²) in [6.45, 7) is 0. The fraction of sp³-hybridized carbons (Fsp3) is 0.154. The third kappa shape index (κ3) is 4.20. The zero-order valence-corrected chi connectivity index (χ0v) is 19.7. The van der Waals surface area contributed by atoms with Crippen molar-refractivity contribution >= 4 is 15.7 Å². The molecule has 0 radical (unpaired) electrons. The third-order valence-electron chi connectivity index (χ3n) is 5.81. The van der Waals surface area contributed by atoms with E-state index in [9.17, 15) is 8.42 Å². The molecule has 4 aromatic rings. The van der Waals surface area contributed by atoms with Crippen molar-refractivity contribution in [3.05, 3.63) is 102 Å². The van der Waals surface area contributed by atoms with Gasteiger partial charge in [0, 0.05) is 23.7 Å². The lowest BCUT2D eigenvalue weighted by molar-refractivity contribution is 0.375. The molecule has 0 unspecified atom stereocenters. The van der Waals surface area contributed by atoms with E-state index >= 15 is 0 Å². The van der Waals surface area contributed by atoms with E-state index in [0.717, 1.165) is 33.8 Å². The SMILES string of the molecule is COc1ccc(-c2nn(-c3ccccc3)cc2C2=NN(S(C)(=O)=O)[C@H](c3ccccc3)C2)cc1. The van der Waals surface area contributed by atoms with Crippen LogP contribution in [0.5, 0.6) is 5.75 Å². The van der Waals surface area contributed by atoms with Crippen LogP contribution in [0.3, 0.4) is 0 Å². The first-order chi connectivity index (χ1) is 16.4. The largest absolute Gasteiger partial charge is 0.497 e. The highest BCUT2D eigenvalue weighted by Crippen LogP contribution is 2.37. The lowest BCUT2D eigenvalue weighted by Gasteiger charge is -2.21. The van der Waals surface area contributed by atoms with E-state index in [1.165, 1.54) is 10.7 Å². The zero-order valence-electron chi connectivity index (χ0n) is 18.9. The van der Waals surface area contributed by atoms with Gasteiger partial charge in [0.05, 0.1) is 30.8 Å². The molecule has 1 aliphatic heterocycles. The summed E-state index contributed by atoms with van der Waals surface area (Å²) >= 11 is 0. The summed E-state index contributed by atoms with van der Waals surface area (Å²) in [5.74, 6) is 0.749. The summed E-state index contributed by atoms with van der Waals surface area (Å²) in [6.07, 6.45) is 3.55. The van der Waals surface area contributed by atoms with E-state index in [4.69, 9.17) is 9.84 Å². The molecule has 7 nitrogen and oxygen atoms in total. The second-order valence-electron chi connectivity index (χ2n) is 8.11. The van der Waals surface area contributed by atoms with Gasteiger partial charge in [-0.2, -0.15) is 14.6 Å². The van der Waals surface area contributed by atoms with Crippen molar-refractivity contribution in [2.24, 2.45) is 5.10 Å². The van der Waals surface area contributed by atoms with E-state index in [2.05, 4.69) is 5.10 Å². The predicted octanol–water partition coefficient (Wildman–Crippen LogP) is 4.66. The number of hydrogen-bond acceptors (Lipinski definition) is 5. The number of ether oxygens (including phenoxy) is 1. The van der Waals surface area contributed by atoms with Crippen molar-refractivity contribution in [2.45, 2.75) is 12.5 Å². The number of hydrogen-bond donors (Lipinski definition) is 0. The van der Waals surface area contributed by atoms with E-state index in [-0.39, 0.29) is 0 Å². The van der Waals surface area contributed by atoms with Gasteiger partial charge in [-0.25, -0.2) is 13.1 Å². The summed E-state index contributed by atoms with van der Waals surface area (Å²) in [6, 6.07) is 26.6. The number of aromatic nitrogens is 2. The molecule has 0 saturated heterocycles. The molecule has 1 atom stereocenters. The first-order valence-corrected chi connectivity index (χ1v) is 12.7. The van der Waals surface area contributed by atoms with Crippen LogP contribution < -0.4 is 4.74 Å². The number of benzene rings is 3. The number of nitrogens with zero attached hydrogens (tertiary/aromatic N) is 4. The molecule has 0 fully saturated rings. The number of para-hydroxylation sites is 1. The van der Waals surface area contributed by atoms with Crippen molar-refractivity contribution in [3.8, 4) is 22.7 Å². The maximum atomic E-state index is 12.6. The molecule has 0 bridgehead atoms. The Morgan fingerprint density at radius 2 is 1.56 bits per heavy atom. The molecule has 1 aliphatic rings. The molecule has 0 spiro atoms. The number of hydrazone groups is 1. The highest BCUT2D eigenvalue weighted by molar-refractivity contribution is 7.88. The first kappa shape index (κ1) is 21.9. The lowest BCUT2D eigenvalue weighted by atomic mass is 9.97. The first-order valence-electron chi connectivity index (χ1n) is 10.9. The fourth-order valence-electron chi connectivity index (χ4n) is 4.14. The number of methoxy groups -OCH3 is 1. The molecule has 34 heavy (non-hydrogen) atoms. The number of rotatable bonds is 6. The van der Waals surface area contributed by atoms with Gasteiger partial charge in [-0.05, 0) is 42.0 Å². The topological polar surface area (TPSA) is 76.8 Å². The van der Waals surface area contributed by atoms with Crippen molar-refractivity contribution in [2.75, 3.05) is 13.4 Å². The van der Waals surface area contributed by atoms with Crippen LogP contribution in [0, 0.1) is 0 Å². The molecule has 0 amide bonds. The Labute approximate surface area is 199 Å². The molecule has 8 heteroatoms. The lowest BCUT2D eigenvalue weighted by Crippen LogP contribution is -2.25. The quantitative estimate of drug-likeness (QED) is 0.409. The van der Waals surface area contributed by atoms with Gasteiger partial charge in [0.2, 0.25) is 10.0 Å². The Kier molecular flexibility index (Phi) is 5.67. The maximum Gasteiger partial charge on any atom is 0.247 e. The Balaban J connectivity index is 1.63. The molecule has 2 heterocycles. The normalized spacial score (nSPS) is 15.9. The summed E-state index contributed by atoms with van der Waals surface area (Å²) in [5, 5.41) is 9.46. The highest BCUT2D eigenvalue weighted by atomic mass is 32.2. The van der Waals surface area contributed by atoms with Crippen molar-refractivity contribution in [1.82, 2.24) is 14.2 Å². The van der Waals surface area contributed by atoms with E-state index in [1.807, 2.05) is 91.1 Å². The predicted molar refractivity (Wildman–Crippen MR) is 133 cm³/mol. The Hall–Kier alpha value is -3.91. The van der Waals surface area contributed by atoms with E-state index < -0.39 is 16.1 Å². The third-order valence-corrected chi connectivity index (χ3v) is 6.82. The summed E-state index contributed by atoms with van der Waals surface area (Å²) in [5.41, 5.74) is 4.89. The van der Waals surface area contributed by atoms with Gasteiger partial charge in [0.25, 0.3) is 0 Å². The van der Waals surface area contributed by atoms with Crippen LogP contribution in [0.4, 0.5) is 0 Å². The molecular formula is C26H24N4O3S. The van der Waals surface area contributed by atoms with Crippen molar-refractivity contribution in [1.29, 1.82) is 0 Å². The molecular weight excluding hydrogens is 448 g/mol. The average molecular weight is 473 g/mol. The monoisotopic (exact) mass is 472 g/mol. The molecule has 0 aliphatic carbocycles. The van der Waals surface area contributed by atoms with Gasteiger partial charge in [-0.15, -0.1) is 0 Å². The zero-order chi connectivity index (χ0) is 23.7. The Bertz CT molecular complexity index is 1430. The maximum absolute atomic E-state index is 12.6.